The van der Waals surface area contributed by atoms with Crippen molar-refractivity contribution in [3.63, 3.8) is 0 Å². The van der Waals surface area contributed by atoms with Gasteiger partial charge < -0.3 is 22.6 Å². The molecule has 0 aliphatic heterocycles. The minimum absolute atomic E-state index is 0. The lowest BCUT2D eigenvalue weighted by molar-refractivity contribution is -0.948. The highest BCUT2D eigenvalue weighted by Crippen LogP contribution is 2.25. The van der Waals surface area contributed by atoms with Crippen molar-refractivity contribution in [2.24, 2.45) is 0 Å². The topological polar surface area (TPSA) is 74.6 Å². The van der Waals surface area contributed by atoms with Gasteiger partial charge >= 0.3 is 11.9 Å². The SMILES string of the molecule is C=CC[N+](CC=C)(C(CC)C(=O)O)C(CC)C(=O)O.[Cl-]. The van der Waals surface area contributed by atoms with Gasteiger partial charge in [-0.2, -0.15) is 0 Å². The first-order valence-electron chi connectivity index (χ1n) is 6.45. The van der Waals surface area contributed by atoms with Gasteiger partial charge in [-0.15, -0.1) is 0 Å². The largest absolute Gasteiger partial charge is 1.00 e. The molecule has 116 valence electrons. The highest BCUT2D eigenvalue weighted by atomic mass is 35.5. The van der Waals surface area contributed by atoms with E-state index in [1.807, 2.05) is 0 Å². The zero-order chi connectivity index (χ0) is 15.1. The summed E-state index contributed by atoms with van der Waals surface area (Å²) in [6.45, 7) is 11.4. The average molecular weight is 306 g/mol. The number of carboxylic acid groups (broad SMARTS) is 2. The number of carbonyl (C=O) groups is 2. The molecule has 0 bridgehead atoms. The second-order valence-corrected chi connectivity index (χ2v) is 4.57. The van der Waals surface area contributed by atoms with E-state index in [1.165, 1.54) is 0 Å². The second kappa shape index (κ2) is 9.55. The molecule has 0 aliphatic rings. The van der Waals surface area contributed by atoms with Crippen LogP contribution in [0.5, 0.6) is 0 Å². The summed E-state index contributed by atoms with van der Waals surface area (Å²) in [5.74, 6) is -1.96. The number of nitrogens with zero attached hydrogens (tertiary/aromatic N) is 1. The fourth-order valence-corrected chi connectivity index (χ4v) is 2.80. The third-order valence-corrected chi connectivity index (χ3v) is 3.52. The van der Waals surface area contributed by atoms with Gasteiger partial charge in [0.2, 0.25) is 0 Å². The second-order valence-electron chi connectivity index (χ2n) is 4.57. The van der Waals surface area contributed by atoms with E-state index >= 15 is 0 Å². The van der Waals surface area contributed by atoms with Crippen molar-refractivity contribution in [2.45, 2.75) is 38.8 Å². The van der Waals surface area contributed by atoms with Crippen molar-refractivity contribution in [1.82, 2.24) is 0 Å². The van der Waals surface area contributed by atoms with Crippen molar-refractivity contribution in [3.8, 4) is 0 Å². The molecule has 0 aromatic carbocycles. The predicted molar refractivity (Wildman–Crippen MR) is 73.8 cm³/mol. The van der Waals surface area contributed by atoms with Gasteiger partial charge in [0, 0.05) is 12.8 Å². The van der Waals surface area contributed by atoms with Gasteiger partial charge in [-0.05, 0) is 12.2 Å². The molecule has 6 heteroatoms. The Kier molecular flexibility index (Phi) is 10.0. The van der Waals surface area contributed by atoms with E-state index in [-0.39, 0.29) is 16.9 Å². The van der Waals surface area contributed by atoms with Crippen LogP contribution in [0, 0.1) is 0 Å². The van der Waals surface area contributed by atoms with E-state index < -0.39 is 24.0 Å². The van der Waals surface area contributed by atoms with Crippen LogP contribution in [-0.2, 0) is 9.59 Å². The number of carboxylic acids is 2. The van der Waals surface area contributed by atoms with E-state index in [0.29, 0.717) is 25.9 Å². The summed E-state index contributed by atoms with van der Waals surface area (Å²) in [6, 6.07) is -1.56. The van der Waals surface area contributed by atoms with Crippen LogP contribution in [0.3, 0.4) is 0 Å². The summed E-state index contributed by atoms with van der Waals surface area (Å²) in [5, 5.41) is 18.8. The standard InChI is InChI=1S/C14H23NO4.ClH/c1-5-9-15(10-6-2,11(7-3)13(16)17)12(8-4)14(18)19;/h5-6,11-12H,1-2,7-10H2,3-4H3,(H-,16,17,18,19);1H. The van der Waals surface area contributed by atoms with Crippen LogP contribution in [-0.4, -0.2) is 51.8 Å². The molecule has 2 unspecified atom stereocenters. The van der Waals surface area contributed by atoms with Crippen molar-refractivity contribution in [3.05, 3.63) is 25.3 Å². The fourth-order valence-electron chi connectivity index (χ4n) is 2.80. The lowest BCUT2D eigenvalue weighted by Gasteiger charge is -2.45. The molecule has 0 aromatic heterocycles. The molecule has 2 atom stereocenters. The zero-order valence-electron chi connectivity index (χ0n) is 12.1. The van der Waals surface area contributed by atoms with E-state index in [0.717, 1.165) is 0 Å². The molecule has 0 radical (unpaired) electrons. The van der Waals surface area contributed by atoms with Crippen LogP contribution in [0.1, 0.15) is 26.7 Å². The summed E-state index contributed by atoms with van der Waals surface area (Å²) in [6.07, 6.45) is 3.89. The lowest BCUT2D eigenvalue weighted by atomic mass is 10.0. The van der Waals surface area contributed by atoms with E-state index in [9.17, 15) is 19.8 Å². The molecule has 2 N–H and O–H groups in total. The maximum atomic E-state index is 11.5. The molecule has 0 heterocycles. The first-order chi connectivity index (χ1) is 8.91. The molecule has 0 saturated heterocycles. The van der Waals surface area contributed by atoms with Gasteiger partial charge in [0.1, 0.15) is 0 Å². The Hall–Kier alpha value is -1.33. The molecule has 0 saturated carbocycles. The summed E-state index contributed by atoms with van der Waals surface area (Å²) in [5.41, 5.74) is 0. The fraction of sp³-hybridized carbons (Fsp3) is 0.571. The Morgan fingerprint density at radius 3 is 1.45 bits per heavy atom. The number of halogens is 1. The van der Waals surface area contributed by atoms with Crippen molar-refractivity contribution in [1.29, 1.82) is 0 Å². The van der Waals surface area contributed by atoms with E-state index in [4.69, 9.17) is 0 Å². The quantitative estimate of drug-likeness (QED) is 0.397. The molecule has 0 aliphatic carbocycles. The Morgan fingerprint density at radius 2 is 1.30 bits per heavy atom. The molecule has 0 amide bonds. The number of quaternary nitrogens is 1. The Bertz CT molecular complexity index is 323. The van der Waals surface area contributed by atoms with E-state index in [2.05, 4.69) is 13.2 Å². The average Bonchev–Trinajstić information content (AvgIpc) is 2.30. The van der Waals surface area contributed by atoms with Gasteiger partial charge in [-0.3, -0.25) is 4.48 Å². The smallest absolute Gasteiger partial charge is 0.362 e. The van der Waals surface area contributed by atoms with Crippen LogP contribution in [0.15, 0.2) is 25.3 Å². The van der Waals surface area contributed by atoms with Crippen molar-refractivity contribution in [2.75, 3.05) is 13.1 Å². The molecule has 0 aromatic rings. The van der Waals surface area contributed by atoms with Crippen LogP contribution in [0.2, 0.25) is 0 Å². The minimum Gasteiger partial charge on any atom is -1.00 e. The van der Waals surface area contributed by atoms with Gasteiger partial charge in [-0.25, -0.2) is 9.59 Å². The van der Waals surface area contributed by atoms with Gasteiger partial charge in [0.05, 0.1) is 13.1 Å². The molecule has 20 heavy (non-hydrogen) atoms. The molecule has 0 spiro atoms. The Labute approximate surface area is 126 Å². The number of hydrogen-bond donors (Lipinski definition) is 2. The third kappa shape index (κ3) is 4.35. The summed E-state index contributed by atoms with van der Waals surface area (Å²) >= 11 is 0. The number of aliphatic carboxylic acids is 2. The summed E-state index contributed by atoms with van der Waals surface area (Å²) in [4.78, 5) is 23.0. The van der Waals surface area contributed by atoms with Crippen LogP contribution in [0.25, 0.3) is 0 Å². The molecule has 5 nitrogen and oxygen atoms in total. The first kappa shape index (κ1) is 21.0. The summed E-state index contributed by atoms with van der Waals surface area (Å²) in [7, 11) is 0. The van der Waals surface area contributed by atoms with Crippen LogP contribution in [0.4, 0.5) is 0 Å². The monoisotopic (exact) mass is 305 g/mol. The summed E-state index contributed by atoms with van der Waals surface area (Å²) < 4.78 is -0.0648. The van der Waals surface area contributed by atoms with Crippen molar-refractivity contribution < 1.29 is 36.7 Å². The van der Waals surface area contributed by atoms with Crippen LogP contribution < -0.4 is 12.4 Å². The maximum absolute atomic E-state index is 11.5. The highest BCUT2D eigenvalue weighted by Gasteiger charge is 2.47. The maximum Gasteiger partial charge on any atom is 0.362 e. The van der Waals surface area contributed by atoms with E-state index in [1.54, 1.807) is 26.0 Å². The van der Waals surface area contributed by atoms with Gasteiger partial charge in [0.15, 0.2) is 12.1 Å². The Morgan fingerprint density at radius 1 is 1.00 bits per heavy atom. The normalized spacial score (nSPS) is 13.7. The molecule has 0 fully saturated rings. The molecular weight excluding hydrogens is 282 g/mol. The van der Waals surface area contributed by atoms with Gasteiger partial charge in [-0.1, -0.05) is 27.0 Å². The number of hydrogen-bond acceptors (Lipinski definition) is 2. The minimum atomic E-state index is -0.981. The molecule has 0 rings (SSSR count). The highest BCUT2D eigenvalue weighted by molar-refractivity contribution is 5.75. The molecular formula is C14H24ClNO4. The van der Waals surface area contributed by atoms with Crippen molar-refractivity contribution >= 4 is 11.9 Å². The lowest BCUT2D eigenvalue weighted by Crippen LogP contribution is -3.00. The Balaban J connectivity index is 0. The number of rotatable bonds is 10. The van der Waals surface area contributed by atoms with Crippen LogP contribution >= 0.6 is 0 Å². The van der Waals surface area contributed by atoms with Gasteiger partial charge in [0.25, 0.3) is 0 Å². The third-order valence-electron chi connectivity index (χ3n) is 3.52. The zero-order valence-corrected chi connectivity index (χ0v) is 12.8. The predicted octanol–water partition coefficient (Wildman–Crippen LogP) is -1.09. The first-order valence-corrected chi connectivity index (χ1v) is 6.45.